The van der Waals surface area contributed by atoms with Crippen LogP contribution in [0, 0.1) is 6.92 Å². The highest BCUT2D eigenvalue weighted by molar-refractivity contribution is 7.88. The average Bonchev–Trinajstić information content (AvgIpc) is 2.41. The van der Waals surface area contributed by atoms with E-state index in [4.69, 9.17) is 5.73 Å². The molecule has 0 saturated heterocycles. The number of hydrogen-bond donors (Lipinski definition) is 2. The van der Waals surface area contributed by atoms with Crippen molar-refractivity contribution in [2.24, 2.45) is 0 Å². The largest absolute Gasteiger partial charge is 0.399 e. The Kier molecular flexibility index (Phi) is 4.65. The van der Waals surface area contributed by atoms with Gasteiger partial charge in [0.05, 0.1) is 5.75 Å². The van der Waals surface area contributed by atoms with Crippen LogP contribution in [0.15, 0.2) is 48.5 Å². The second kappa shape index (κ2) is 6.28. The molecule has 2 rings (SSSR count). The van der Waals surface area contributed by atoms with Crippen LogP contribution in [0.3, 0.4) is 0 Å². The monoisotopic (exact) mass is 304 g/mol. The zero-order valence-corrected chi connectivity index (χ0v) is 13.0. The maximum absolute atomic E-state index is 12.2. The Morgan fingerprint density at radius 2 is 1.71 bits per heavy atom. The van der Waals surface area contributed by atoms with E-state index in [1.165, 1.54) is 0 Å². The molecular formula is C16H20N2O2S. The topological polar surface area (TPSA) is 72.2 Å². The van der Waals surface area contributed by atoms with Crippen molar-refractivity contribution in [2.45, 2.75) is 25.6 Å². The summed E-state index contributed by atoms with van der Waals surface area (Å²) in [4.78, 5) is 0. The van der Waals surface area contributed by atoms with Crippen LogP contribution in [-0.2, 0) is 15.8 Å². The van der Waals surface area contributed by atoms with Gasteiger partial charge in [-0.3, -0.25) is 0 Å². The minimum atomic E-state index is -3.40. The van der Waals surface area contributed by atoms with Gasteiger partial charge in [0.25, 0.3) is 0 Å². The van der Waals surface area contributed by atoms with Crippen LogP contribution in [-0.4, -0.2) is 8.42 Å². The molecule has 0 radical (unpaired) electrons. The third-order valence-corrected chi connectivity index (χ3v) is 4.77. The molecule has 0 amide bonds. The van der Waals surface area contributed by atoms with Crippen molar-refractivity contribution in [3.05, 3.63) is 65.2 Å². The van der Waals surface area contributed by atoms with E-state index in [-0.39, 0.29) is 11.8 Å². The fourth-order valence-electron chi connectivity index (χ4n) is 2.28. The van der Waals surface area contributed by atoms with E-state index in [1.54, 1.807) is 24.3 Å². The van der Waals surface area contributed by atoms with Gasteiger partial charge < -0.3 is 5.73 Å². The summed E-state index contributed by atoms with van der Waals surface area (Å²) in [5, 5.41) is 0. The summed E-state index contributed by atoms with van der Waals surface area (Å²) in [6.07, 6.45) is 0. The first kappa shape index (κ1) is 15.5. The number of nitrogens with one attached hydrogen (secondary N) is 1. The van der Waals surface area contributed by atoms with Crippen LogP contribution in [0.2, 0.25) is 0 Å². The van der Waals surface area contributed by atoms with Crippen LogP contribution in [0.25, 0.3) is 0 Å². The first-order valence-electron chi connectivity index (χ1n) is 6.77. The average molecular weight is 304 g/mol. The van der Waals surface area contributed by atoms with Gasteiger partial charge in [-0.1, -0.05) is 36.4 Å². The quantitative estimate of drug-likeness (QED) is 0.834. The van der Waals surface area contributed by atoms with Crippen molar-refractivity contribution < 1.29 is 8.42 Å². The Hall–Kier alpha value is -1.85. The second-order valence-electron chi connectivity index (χ2n) is 5.20. The number of aryl methyl sites for hydroxylation is 1. The lowest BCUT2D eigenvalue weighted by molar-refractivity contribution is 0.565. The number of sulfonamides is 1. The number of nitrogen functional groups attached to an aromatic ring is 1. The van der Waals surface area contributed by atoms with Gasteiger partial charge in [-0.2, -0.15) is 0 Å². The number of benzene rings is 2. The summed E-state index contributed by atoms with van der Waals surface area (Å²) in [5.41, 5.74) is 8.99. The molecule has 112 valence electrons. The molecule has 3 N–H and O–H groups in total. The molecule has 0 bridgehead atoms. The maximum Gasteiger partial charge on any atom is 0.216 e. The van der Waals surface area contributed by atoms with E-state index in [0.29, 0.717) is 11.3 Å². The number of rotatable bonds is 5. The minimum Gasteiger partial charge on any atom is -0.399 e. The normalized spacial score (nSPS) is 13.0. The molecular weight excluding hydrogens is 284 g/mol. The summed E-state index contributed by atoms with van der Waals surface area (Å²) < 4.78 is 27.2. The van der Waals surface area contributed by atoms with Crippen LogP contribution in [0.4, 0.5) is 5.69 Å². The number of hydrogen-bond acceptors (Lipinski definition) is 3. The lowest BCUT2D eigenvalue weighted by atomic mass is 10.0. The molecule has 0 aliphatic carbocycles. The van der Waals surface area contributed by atoms with Crippen LogP contribution in [0.5, 0.6) is 0 Å². The highest BCUT2D eigenvalue weighted by Gasteiger charge is 2.17. The van der Waals surface area contributed by atoms with Gasteiger partial charge in [0.1, 0.15) is 0 Å². The molecule has 0 aliphatic heterocycles. The molecule has 1 atom stereocenters. The van der Waals surface area contributed by atoms with E-state index < -0.39 is 10.0 Å². The Balaban J connectivity index is 2.10. The van der Waals surface area contributed by atoms with Crippen molar-refractivity contribution >= 4 is 15.7 Å². The fourth-order valence-corrected chi connectivity index (χ4v) is 3.66. The van der Waals surface area contributed by atoms with Gasteiger partial charge in [-0.25, -0.2) is 13.1 Å². The van der Waals surface area contributed by atoms with Gasteiger partial charge in [0, 0.05) is 11.7 Å². The van der Waals surface area contributed by atoms with Gasteiger partial charge in [0.2, 0.25) is 10.0 Å². The molecule has 0 spiro atoms. The summed E-state index contributed by atoms with van der Waals surface area (Å²) in [7, 11) is -3.40. The lowest BCUT2D eigenvalue weighted by Gasteiger charge is -2.16. The van der Waals surface area contributed by atoms with Crippen LogP contribution >= 0.6 is 0 Å². The predicted molar refractivity (Wildman–Crippen MR) is 86.2 cm³/mol. The first-order chi connectivity index (χ1) is 9.87. The minimum absolute atomic E-state index is 0.0521. The third kappa shape index (κ3) is 4.31. The van der Waals surface area contributed by atoms with E-state index in [0.717, 1.165) is 11.1 Å². The number of anilines is 1. The van der Waals surface area contributed by atoms with E-state index >= 15 is 0 Å². The summed E-state index contributed by atoms with van der Waals surface area (Å²) >= 11 is 0. The lowest BCUT2D eigenvalue weighted by Crippen LogP contribution is -2.28. The van der Waals surface area contributed by atoms with E-state index in [9.17, 15) is 8.42 Å². The Labute approximate surface area is 126 Å². The molecule has 2 aromatic rings. The predicted octanol–water partition coefficient (Wildman–Crippen LogP) is 2.76. The Morgan fingerprint density at radius 3 is 2.33 bits per heavy atom. The standard InChI is InChI=1S/C16H20N2O2S/c1-12-5-3-4-6-16(12)13(2)18-21(19,20)11-14-7-9-15(17)10-8-14/h3-10,13,18H,11,17H2,1-2H3. The van der Waals surface area contributed by atoms with Crippen molar-refractivity contribution in [1.29, 1.82) is 0 Å². The zero-order valence-electron chi connectivity index (χ0n) is 12.2. The third-order valence-electron chi connectivity index (χ3n) is 3.35. The first-order valence-corrected chi connectivity index (χ1v) is 8.42. The van der Waals surface area contributed by atoms with Gasteiger partial charge in [-0.05, 0) is 42.7 Å². The molecule has 0 saturated carbocycles. The second-order valence-corrected chi connectivity index (χ2v) is 6.95. The van der Waals surface area contributed by atoms with E-state index in [2.05, 4.69) is 4.72 Å². The summed E-state index contributed by atoms with van der Waals surface area (Å²) in [6, 6.07) is 14.4. The Morgan fingerprint density at radius 1 is 1.10 bits per heavy atom. The molecule has 4 nitrogen and oxygen atoms in total. The SMILES string of the molecule is Cc1ccccc1C(C)NS(=O)(=O)Cc1ccc(N)cc1. The summed E-state index contributed by atoms with van der Waals surface area (Å²) in [5.74, 6) is -0.0521. The van der Waals surface area contributed by atoms with Gasteiger partial charge in [0.15, 0.2) is 0 Å². The van der Waals surface area contributed by atoms with Gasteiger partial charge in [-0.15, -0.1) is 0 Å². The van der Waals surface area contributed by atoms with Gasteiger partial charge >= 0.3 is 0 Å². The van der Waals surface area contributed by atoms with Crippen molar-refractivity contribution in [3.8, 4) is 0 Å². The molecule has 5 heteroatoms. The molecule has 0 fully saturated rings. The van der Waals surface area contributed by atoms with Crippen LogP contribution < -0.4 is 10.5 Å². The molecule has 0 heterocycles. The smallest absolute Gasteiger partial charge is 0.216 e. The van der Waals surface area contributed by atoms with Crippen molar-refractivity contribution in [1.82, 2.24) is 4.72 Å². The summed E-state index contributed by atoms with van der Waals surface area (Å²) in [6.45, 7) is 3.82. The highest BCUT2D eigenvalue weighted by Crippen LogP contribution is 2.18. The fraction of sp³-hybridized carbons (Fsp3) is 0.250. The molecule has 0 aromatic heterocycles. The maximum atomic E-state index is 12.2. The highest BCUT2D eigenvalue weighted by atomic mass is 32.2. The zero-order chi connectivity index (χ0) is 15.5. The number of nitrogens with two attached hydrogens (primary N) is 1. The molecule has 0 aliphatic rings. The Bertz CT molecular complexity index is 709. The molecule has 21 heavy (non-hydrogen) atoms. The van der Waals surface area contributed by atoms with Crippen LogP contribution in [0.1, 0.15) is 29.7 Å². The van der Waals surface area contributed by atoms with Crippen molar-refractivity contribution in [3.63, 3.8) is 0 Å². The van der Waals surface area contributed by atoms with Crippen molar-refractivity contribution in [2.75, 3.05) is 5.73 Å². The molecule has 1 unspecified atom stereocenters. The van der Waals surface area contributed by atoms with E-state index in [1.807, 2.05) is 38.1 Å². The molecule has 2 aromatic carbocycles.